The van der Waals surface area contributed by atoms with E-state index in [0.717, 1.165) is 0 Å². The smallest absolute Gasteiger partial charge is 0.193 e. The maximum atomic E-state index is 5.05. The second-order valence-electron chi connectivity index (χ2n) is 0.947. The average molecular weight is 108 g/mol. The van der Waals surface area contributed by atoms with Gasteiger partial charge in [0.2, 0.25) is 0 Å². The average Bonchev–Trinajstić information content (AvgIpc) is 2.12. The highest BCUT2D eigenvalue weighted by atomic mass is 35.5. The van der Waals surface area contributed by atoms with E-state index in [0.29, 0.717) is 6.54 Å². The Labute approximate surface area is 42.0 Å². The van der Waals surface area contributed by atoms with Gasteiger partial charge >= 0.3 is 0 Å². The molecule has 4 heteroatoms. The van der Waals surface area contributed by atoms with Crippen molar-refractivity contribution in [1.82, 2.24) is 0 Å². The van der Waals surface area contributed by atoms with Crippen LogP contribution in [0.4, 0.5) is 0 Å². The van der Waals surface area contributed by atoms with Crippen molar-refractivity contribution in [3.05, 3.63) is 0 Å². The van der Waals surface area contributed by atoms with Crippen LogP contribution >= 0.6 is 12.4 Å². The number of rotatable bonds is 1. The molecule has 6 heavy (non-hydrogen) atoms. The summed E-state index contributed by atoms with van der Waals surface area (Å²) in [6.45, 7) is 0.583. The van der Waals surface area contributed by atoms with Crippen molar-refractivity contribution in [3.63, 3.8) is 0 Å². The first-order chi connectivity index (χ1) is 2.43. The van der Waals surface area contributed by atoms with Crippen LogP contribution in [-0.2, 0) is 0 Å². The number of nitrogens with two attached hydrogens (primary N) is 1. The Bertz CT molecular complexity index is 55.8. The van der Waals surface area contributed by atoms with Crippen molar-refractivity contribution in [2.75, 3.05) is 6.54 Å². The fraction of sp³-hybridized carbons (Fsp3) is 1.00. The molecule has 36 valence electrons. The zero-order valence-electron chi connectivity index (χ0n) is 3.16. The lowest BCUT2D eigenvalue weighted by atomic mass is 10.6. The molecule has 0 aliphatic carbocycles. The Balaban J connectivity index is 0.000000250. The predicted octanol–water partition coefficient (Wildman–Crippen LogP) is 0.159. The molecule has 1 heterocycles. The molecule has 1 aliphatic heterocycles. The van der Waals surface area contributed by atoms with Gasteiger partial charge in [-0.25, -0.2) is 0 Å². The van der Waals surface area contributed by atoms with Gasteiger partial charge in [-0.15, -0.1) is 12.4 Å². The summed E-state index contributed by atoms with van der Waals surface area (Å²) in [5.41, 5.74) is 5.05. The van der Waals surface area contributed by atoms with E-state index in [2.05, 4.69) is 10.2 Å². The van der Waals surface area contributed by atoms with Crippen LogP contribution in [0.5, 0.6) is 0 Å². The Morgan fingerprint density at radius 1 is 1.50 bits per heavy atom. The zero-order chi connectivity index (χ0) is 3.70. The summed E-state index contributed by atoms with van der Waals surface area (Å²) in [5.74, 6) is 0. The molecule has 0 unspecified atom stereocenters. The van der Waals surface area contributed by atoms with Crippen molar-refractivity contribution in [1.29, 1.82) is 0 Å². The van der Waals surface area contributed by atoms with Gasteiger partial charge in [0.25, 0.3) is 0 Å². The molecule has 2 N–H and O–H groups in total. The number of nitrogens with zero attached hydrogens (tertiary/aromatic N) is 2. The summed E-state index contributed by atoms with van der Waals surface area (Å²) in [5, 5.41) is 7.04. The third-order valence-corrected chi connectivity index (χ3v) is 0.490. The summed E-state index contributed by atoms with van der Waals surface area (Å²) in [6, 6.07) is 0. The first-order valence-electron chi connectivity index (χ1n) is 1.53. The minimum Gasteiger partial charge on any atom is -0.327 e. The molecule has 0 aromatic rings. The lowest BCUT2D eigenvalue weighted by molar-refractivity contribution is 0.917. The van der Waals surface area contributed by atoms with Gasteiger partial charge in [0.1, 0.15) is 0 Å². The fourth-order valence-electron chi connectivity index (χ4n) is 0.141. The van der Waals surface area contributed by atoms with Crippen molar-refractivity contribution >= 4 is 12.4 Å². The molecule has 0 fully saturated rings. The van der Waals surface area contributed by atoms with Gasteiger partial charge in [-0.1, -0.05) is 0 Å². The lowest BCUT2D eigenvalue weighted by Gasteiger charge is -1.69. The van der Waals surface area contributed by atoms with Crippen LogP contribution in [0.15, 0.2) is 10.2 Å². The van der Waals surface area contributed by atoms with Gasteiger partial charge in [0, 0.05) is 6.54 Å². The number of halogens is 1. The van der Waals surface area contributed by atoms with Gasteiger partial charge in [0.05, 0.1) is 0 Å². The molecule has 0 aromatic carbocycles. The molecular weight excluding hydrogens is 101 g/mol. The molecule has 0 aromatic heterocycles. The van der Waals surface area contributed by atoms with Crippen molar-refractivity contribution in [3.8, 4) is 0 Å². The van der Waals surface area contributed by atoms with E-state index in [1.165, 1.54) is 0 Å². The van der Waals surface area contributed by atoms with E-state index in [4.69, 9.17) is 5.73 Å². The minimum atomic E-state index is 0. The van der Waals surface area contributed by atoms with Crippen LogP contribution in [0.25, 0.3) is 0 Å². The standard InChI is InChI=1S/C2H5N3.ClH/c3-1-2-4-5-2;/h2H,1,3H2;1H. The molecule has 1 rings (SSSR count). The first-order valence-corrected chi connectivity index (χ1v) is 1.53. The third-order valence-electron chi connectivity index (χ3n) is 0.490. The van der Waals surface area contributed by atoms with Crippen molar-refractivity contribution in [2.24, 2.45) is 16.0 Å². The molecule has 0 radical (unpaired) electrons. The van der Waals surface area contributed by atoms with E-state index in [9.17, 15) is 0 Å². The SMILES string of the molecule is Cl.NCC1N=N1. The van der Waals surface area contributed by atoms with E-state index in [1.54, 1.807) is 0 Å². The highest BCUT2D eigenvalue weighted by Gasteiger charge is 2.10. The highest BCUT2D eigenvalue weighted by Crippen LogP contribution is 2.05. The Morgan fingerprint density at radius 2 is 2.00 bits per heavy atom. The Hall–Kier alpha value is -0.150. The summed E-state index contributed by atoms with van der Waals surface area (Å²) in [6.07, 6.45) is 0.162. The Kier molecular flexibility index (Phi) is 2.05. The van der Waals surface area contributed by atoms with Crippen LogP contribution in [0.2, 0.25) is 0 Å². The van der Waals surface area contributed by atoms with Gasteiger partial charge in [-0.3, -0.25) is 0 Å². The summed E-state index contributed by atoms with van der Waals surface area (Å²) >= 11 is 0. The molecule has 0 atom stereocenters. The van der Waals surface area contributed by atoms with Crippen LogP contribution in [0, 0.1) is 0 Å². The fourth-order valence-corrected chi connectivity index (χ4v) is 0.141. The molecular formula is C2H6ClN3. The van der Waals surface area contributed by atoms with Gasteiger partial charge in [0.15, 0.2) is 6.17 Å². The molecule has 1 aliphatic rings. The monoisotopic (exact) mass is 107 g/mol. The predicted molar refractivity (Wildman–Crippen MR) is 24.9 cm³/mol. The van der Waals surface area contributed by atoms with Crippen LogP contribution in [-0.4, -0.2) is 12.7 Å². The zero-order valence-corrected chi connectivity index (χ0v) is 3.98. The summed E-state index contributed by atoms with van der Waals surface area (Å²) in [4.78, 5) is 0. The number of hydrogen-bond donors (Lipinski definition) is 1. The van der Waals surface area contributed by atoms with Gasteiger partial charge in [-0.05, 0) is 0 Å². The van der Waals surface area contributed by atoms with E-state index >= 15 is 0 Å². The second-order valence-corrected chi connectivity index (χ2v) is 0.947. The van der Waals surface area contributed by atoms with Gasteiger partial charge in [-0.2, -0.15) is 10.2 Å². The molecule has 0 saturated carbocycles. The second kappa shape index (κ2) is 2.10. The van der Waals surface area contributed by atoms with E-state index in [-0.39, 0.29) is 18.6 Å². The van der Waals surface area contributed by atoms with Crippen molar-refractivity contribution in [2.45, 2.75) is 6.17 Å². The first kappa shape index (κ1) is 5.85. The third kappa shape index (κ3) is 1.33. The highest BCUT2D eigenvalue weighted by molar-refractivity contribution is 5.85. The van der Waals surface area contributed by atoms with Gasteiger partial charge < -0.3 is 5.73 Å². The number of hydrogen-bond acceptors (Lipinski definition) is 3. The van der Waals surface area contributed by atoms with E-state index in [1.807, 2.05) is 0 Å². The molecule has 0 bridgehead atoms. The molecule has 0 amide bonds. The van der Waals surface area contributed by atoms with Crippen LogP contribution in [0.3, 0.4) is 0 Å². The molecule has 3 nitrogen and oxygen atoms in total. The Morgan fingerprint density at radius 3 is 2.00 bits per heavy atom. The maximum Gasteiger partial charge on any atom is 0.193 e. The molecule has 0 spiro atoms. The summed E-state index contributed by atoms with van der Waals surface area (Å²) in [7, 11) is 0. The lowest BCUT2D eigenvalue weighted by Crippen LogP contribution is -2.04. The molecule has 0 saturated heterocycles. The van der Waals surface area contributed by atoms with Crippen molar-refractivity contribution < 1.29 is 0 Å². The summed E-state index contributed by atoms with van der Waals surface area (Å²) < 4.78 is 0. The largest absolute Gasteiger partial charge is 0.327 e. The van der Waals surface area contributed by atoms with Crippen LogP contribution < -0.4 is 5.73 Å². The topological polar surface area (TPSA) is 50.7 Å². The quantitative estimate of drug-likeness (QED) is 0.510. The normalized spacial score (nSPS) is 16.8. The van der Waals surface area contributed by atoms with Crippen LogP contribution in [0.1, 0.15) is 0 Å². The minimum absolute atomic E-state index is 0. The maximum absolute atomic E-state index is 5.05. The van der Waals surface area contributed by atoms with E-state index < -0.39 is 0 Å².